The van der Waals surface area contributed by atoms with E-state index in [4.69, 9.17) is 0 Å². The molecule has 66 valence electrons. The highest BCUT2D eigenvalue weighted by atomic mass is 127. The van der Waals surface area contributed by atoms with E-state index in [0.717, 1.165) is 6.42 Å². The van der Waals surface area contributed by atoms with Crippen LogP contribution >= 0.6 is 22.6 Å². The largest absolute Gasteiger partial charge is 0.203 e. The maximum absolute atomic E-state index is 13.1. The highest BCUT2D eigenvalue weighted by Gasteiger charge is 2.10. The van der Waals surface area contributed by atoms with Crippen LogP contribution in [0.3, 0.4) is 0 Å². The van der Waals surface area contributed by atoms with Crippen molar-refractivity contribution in [3.63, 3.8) is 0 Å². The van der Waals surface area contributed by atoms with Gasteiger partial charge in [0, 0.05) is 0 Å². The second-order valence-corrected chi connectivity index (χ2v) is 3.75. The number of halogens is 3. The topological polar surface area (TPSA) is 0 Å². The third kappa shape index (κ3) is 1.94. The number of hydrogen-bond acceptors (Lipinski definition) is 0. The predicted molar refractivity (Wildman–Crippen MR) is 53.1 cm³/mol. The lowest BCUT2D eigenvalue weighted by atomic mass is 10.1. The Bertz CT molecular complexity index is 284. The van der Waals surface area contributed by atoms with E-state index in [2.05, 4.69) is 0 Å². The normalized spacial score (nSPS) is 10.3. The molecule has 3 heteroatoms. The molecule has 0 aliphatic rings. The molecule has 0 atom stereocenters. The molecule has 0 spiro atoms. The van der Waals surface area contributed by atoms with Gasteiger partial charge in [0.05, 0.1) is 3.57 Å². The highest BCUT2D eigenvalue weighted by molar-refractivity contribution is 14.1. The summed E-state index contributed by atoms with van der Waals surface area (Å²) in [5, 5.41) is 0. The first-order chi connectivity index (χ1) is 5.66. The zero-order valence-corrected chi connectivity index (χ0v) is 8.86. The van der Waals surface area contributed by atoms with Gasteiger partial charge in [-0.2, -0.15) is 0 Å². The van der Waals surface area contributed by atoms with Crippen molar-refractivity contribution in [2.24, 2.45) is 0 Å². The number of benzene rings is 1. The Hall–Kier alpha value is -0.190. The molecule has 1 aromatic rings. The van der Waals surface area contributed by atoms with Gasteiger partial charge in [0.2, 0.25) is 0 Å². The van der Waals surface area contributed by atoms with Crippen molar-refractivity contribution in [1.29, 1.82) is 0 Å². The molecule has 0 heterocycles. The molecular formula is C9H9F2I. The van der Waals surface area contributed by atoms with Crippen LogP contribution < -0.4 is 0 Å². The molecule has 0 bridgehead atoms. The average Bonchev–Trinajstić information content (AvgIpc) is 2.07. The fraction of sp³-hybridized carbons (Fsp3) is 0.333. The van der Waals surface area contributed by atoms with E-state index in [1.54, 1.807) is 34.7 Å². The van der Waals surface area contributed by atoms with E-state index in [1.165, 1.54) is 0 Å². The summed E-state index contributed by atoms with van der Waals surface area (Å²) < 4.78 is 26.3. The molecule has 1 rings (SSSR count). The van der Waals surface area contributed by atoms with Gasteiger partial charge >= 0.3 is 0 Å². The smallest absolute Gasteiger partial charge is 0.172 e. The minimum atomic E-state index is -0.721. The molecule has 0 unspecified atom stereocenters. The molecule has 0 aliphatic heterocycles. The van der Waals surface area contributed by atoms with Crippen LogP contribution in [0.5, 0.6) is 0 Å². The lowest BCUT2D eigenvalue weighted by molar-refractivity contribution is 0.493. The van der Waals surface area contributed by atoms with E-state index in [-0.39, 0.29) is 0 Å². The highest BCUT2D eigenvalue weighted by Crippen LogP contribution is 2.18. The molecule has 0 N–H and O–H groups in total. The SMILES string of the molecule is CCCc1ccc(I)c(F)c1F. The van der Waals surface area contributed by atoms with Crippen LogP contribution in [0.25, 0.3) is 0 Å². The van der Waals surface area contributed by atoms with Gasteiger partial charge in [-0.1, -0.05) is 19.4 Å². The van der Waals surface area contributed by atoms with Crippen LogP contribution in [0, 0.1) is 15.2 Å². The van der Waals surface area contributed by atoms with Crippen molar-refractivity contribution in [3.05, 3.63) is 32.9 Å². The standard InChI is InChI=1S/C9H9F2I/c1-2-3-6-4-5-7(12)9(11)8(6)10/h4-5H,2-3H2,1H3. The monoisotopic (exact) mass is 282 g/mol. The maximum atomic E-state index is 13.1. The molecule has 0 fully saturated rings. The quantitative estimate of drug-likeness (QED) is 0.575. The fourth-order valence-electron chi connectivity index (χ4n) is 1.03. The molecule has 0 radical (unpaired) electrons. The van der Waals surface area contributed by atoms with E-state index >= 15 is 0 Å². The van der Waals surface area contributed by atoms with Gasteiger partial charge in [-0.25, -0.2) is 8.78 Å². The molecule has 0 aromatic heterocycles. The van der Waals surface area contributed by atoms with E-state index in [1.807, 2.05) is 6.92 Å². The Kier molecular flexibility index (Phi) is 3.43. The van der Waals surface area contributed by atoms with Crippen molar-refractivity contribution < 1.29 is 8.78 Å². The minimum Gasteiger partial charge on any atom is -0.203 e. The Morgan fingerprint density at radius 2 is 1.92 bits per heavy atom. The summed E-state index contributed by atoms with van der Waals surface area (Å²) in [4.78, 5) is 0. The van der Waals surface area contributed by atoms with Crippen molar-refractivity contribution >= 4 is 22.6 Å². The average molecular weight is 282 g/mol. The first kappa shape index (κ1) is 9.89. The summed E-state index contributed by atoms with van der Waals surface area (Å²) >= 11 is 1.78. The van der Waals surface area contributed by atoms with Crippen LogP contribution in [0.4, 0.5) is 8.78 Å². The Morgan fingerprint density at radius 3 is 2.50 bits per heavy atom. The molecule has 12 heavy (non-hydrogen) atoms. The van der Waals surface area contributed by atoms with Gasteiger partial charge in [-0.3, -0.25) is 0 Å². The third-order valence-corrected chi connectivity index (χ3v) is 2.47. The first-order valence-corrected chi connectivity index (χ1v) is 4.87. The molecular weight excluding hydrogens is 273 g/mol. The van der Waals surface area contributed by atoms with Gasteiger partial charge in [0.25, 0.3) is 0 Å². The fourth-order valence-corrected chi connectivity index (χ4v) is 1.44. The zero-order valence-electron chi connectivity index (χ0n) is 6.70. The number of aryl methyl sites for hydroxylation is 1. The molecule has 1 aromatic carbocycles. The Balaban J connectivity index is 3.08. The first-order valence-electron chi connectivity index (χ1n) is 3.79. The molecule has 0 aliphatic carbocycles. The van der Waals surface area contributed by atoms with Gasteiger partial charge in [-0.15, -0.1) is 0 Å². The zero-order chi connectivity index (χ0) is 9.14. The maximum Gasteiger partial charge on any atom is 0.172 e. The van der Waals surface area contributed by atoms with Crippen molar-refractivity contribution in [2.45, 2.75) is 19.8 Å². The summed E-state index contributed by atoms with van der Waals surface area (Å²) in [5.41, 5.74) is 0.468. The third-order valence-electron chi connectivity index (χ3n) is 1.63. The van der Waals surface area contributed by atoms with Crippen LogP contribution in [-0.2, 0) is 6.42 Å². The van der Waals surface area contributed by atoms with Crippen molar-refractivity contribution in [3.8, 4) is 0 Å². The second-order valence-electron chi connectivity index (χ2n) is 2.58. The summed E-state index contributed by atoms with van der Waals surface area (Å²) in [7, 11) is 0. The van der Waals surface area contributed by atoms with E-state index in [9.17, 15) is 8.78 Å². The minimum absolute atomic E-state index is 0.338. The molecule has 0 amide bonds. The molecule has 0 saturated heterocycles. The summed E-state index contributed by atoms with van der Waals surface area (Å²) in [6.45, 7) is 1.94. The second kappa shape index (κ2) is 4.16. The summed E-state index contributed by atoms with van der Waals surface area (Å²) in [6.07, 6.45) is 1.43. The van der Waals surface area contributed by atoms with Crippen LogP contribution in [0.2, 0.25) is 0 Å². The van der Waals surface area contributed by atoms with Gasteiger partial charge < -0.3 is 0 Å². The molecule has 0 saturated carbocycles. The number of hydrogen-bond donors (Lipinski definition) is 0. The van der Waals surface area contributed by atoms with Crippen LogP contribution in [0.1, 0.15) is 18.9 Å². The summed E-state index contributed by atoms with van der Waals surface area (Å²) in [6, 6.07) is 3.24. The Morgan fingerprint density at radius 1 is 1.25 bits per heavy atom. The van der Waals surface area contributed by atoms with Crippen molar-refractivity contribution in [2.75, 3.05) is 0 Å². The van der Waals surface area contributed by atoms with Crippen molar-refractivity contribution in [1.82, 2.24) is 0 Å². The van der Waals surface area contributed by atoms with E-state index < -0.39 is 11.6 Å². The predicted octanol–water partition coefficient (Wildman–Crippen LogP) is 3.52. The number of rotatable bonds is 2. The lowest BCUT2D eigenvalue weighted by Crippen LogP contribution is -1.96. The van der Waals surface area contributed by atoms with Gasteiger partial charge in [-0.05, 0) is 40.6 Å². The summed E-state index contributed by atoms with van der Waals surface area (Å²) in [5.74, 6) is -1.41. The van der Waals surface area contributed by atoms with Gasteiger partial charge in [0.15, 0.2) is 11.6 Å². The van der Waals surface area contributed by atoms with E-state index in [0.29, 0.717) is 15.6 Å². The van der Waals surface area contributed by atoms with Crippen LogP contribution in [0.15, 0.2) is 12.1 Å². The van der Waals surface area contributed by atoms with Crippen LogP contribution in [-0.4, -0.2) is 0 Å². The molecule has 0 nitrogen and oxygen atoms in total. The lowest BCUT2D eigenvalue weighted by Gasteiger charge is -2.02. The Labute approximate surface area is 84.1 Å². The van der Waals surface area contributed by atoms with Gasteiger partial charge in [0.1, 0.15) is 0 Å².